The van der Waals surface area contributed by atoms with Gasteiger partial charge in [0.25, 0.3) is 0 Å². The normalized spacial score (nSPS) is 25.9. The highest BCUT2D eigenvalue weighted by Gasteiger charge is 2.47. The van der Waals surface area contributed by atoms with Gasteiger partial charge in [0, 0.05) is 12.8 Å². The largest absolute Gasteiger partial charge is 0.462 e. The van der Waals surface area contributed by atoms with E-state index in [0.29, 0.717) is 12.8 Å². The van der Waals surface area contributed by atoms with Gasteiger partial charge in [-0.25, -0.2) is 0 Å². The summed E-state index contributed by atoms with van der Waals surface area (Å²) < 4.78 is 33.6. The molecule has 398 valence electrons. The summed E-state index contributed by atoms with van der Waals surface area (Å²) in [6.07, 6.45) is 24.8. The zero-order valence-corrected chi connectivity index (χ0v) is 42.1. The first-order valence-corrected chi connectivity index (χ1v) is 26.9. The summed E-state index contributed by atoms with van der Waals surface area (Å²) in [4.78, 5) is 25.8. The molecule has 68 heavy (non-hydrogen) atoms. The van der Waals surface area contributed by atoms with Crippen LogP contribution in [0.25, 0.3) is 0 Å². The number of carbonyl (C=O) groups is 2. The molecule has 2 rings (SSSR count). The summed E-state index contributed by atoms with van der Waals surface area (Å²) in [6, 6.07) is 0. The number of rotatable bonds is 42. The molecule has 11 atom stereocenters. The Labute approximate surface area is 409 Å². The van der Waals surface area contributed by atoms with Crippen LogP contribution in [0.5, 0.6) is 0 Å². The third-order valence-electron chi connectivity index (χ3n) is 12.9. The predicted octanol–water partition coefficient (Wildman–Crippen LogP) is 7.94. The van der Waals surface area contributed by atoms with E-state index >= 15 is 0 Å². The minimum absolute atomic E-state index is 0.159. The molecule has 0 spiro atoms. The SMILES string of the molecule is CCCCCC/C=C\C/C=C\CCCCCCCCCC(=O)OC(COC(=O)CCCCCCCCCCCCCCCC)COC1OC(COC2OC(CO)C(O)C(O)C2O)C(O)C(O)C1O. The smallest absolute Gasteiger partial charge is 0.306 e. The van der Waals surface area contributed by atoms with E-state index in [1.54, 1.807) is 0 Å². The molecule has 15 heteroatoms. The summed E-state index contributed by atoms with van der Waals surface area (Å²) in [6.45, 7) is 2.59. The second-order valence-electron chi connectivity index (χ2n) is 19.1. The minimum atomic E-state index is -1.76. The molecule has 0 aliphatic carbocycles. The van der Waals surface area contributed by atoms with Crippen LogP contribution in [0.1, 0.15) is 206 Å². The minimum Gasteiger partial charge on any atom is -0.462 e. The summed E-state index contributed by atoms with van der Waals surface area (Å²) in [5, 5.41) is 72.1. The topological polar surface area (TPSA) is 231 Å². The van der Waals surface area contributed by atoms with Crippen molar-refractivity contribution < 1.29 is 73.8 Å². The Kier molecular flexibility index (Phi) is 37.0. The maximum absolute atomic E-state index is 13.0. The van der Waals surface area contributed by atoms with Gasteiger partial charge in [-0.3, -0.25) is 9.59 Å². The standard InChI is InChI=1S/C53H96O15/c1-3-5-7-9-11-13-15-17-19-20-21-22-24-26-28-30-32-34-36-45(56)66-41(38-63-44(55)35-33-31-29-27-25-23-18-16-14-12-10-8-6-4-2)39-64-52-51(62)49(60)47(58)43(68-52)40-65-53-50(61)48(59)46(57)42(37-54)67-53/h13,15,19-20,41-43,46-54,57-62H,3-12,14,16-18,21-40H2,1-2H3/b15-13-,20-19-. The van der Waals surface area contributed by atoms with Crippen molar-refractivity contribution in [1.82, 2.24) is 0 Å². The highest BCUT2D eigenvalue weighted by molar-refractivity contribution is 5.70. The molecular formula is C53H96O15. The van der Waals surface area contributed by atoms with Gasteiger partial charge in [0.15, 0.2) is 18.7 Å². The molecule has 0 saturated carbocycles. The molecule has 0 radical (unpaired) electrons. The van der Waals surface area contributed by atoms with Gasteiger partial charge < -0.3 is 64.2 Å². The van der Waals surface area contributed by atoms with Crippen LogP contribution in [-0.4, -0.2) is 142 Å². The van der Waals surface area contributed by atoms with Crippen molar-refractivity contribution in [1.29, 1.82) is 0 Å². The first-order valence-electron chi connectivity index (χ1n) is 26.9. The molecule has 0 aromatic rings. The first kappa shape index (κ1) is 62.1. The Morgan fingerprint density at radius 3 is 1.38 bits per heavy atom. The lowest BCUT2D eigenvalue weighted by molar-refractivity contribution is -0.332. The van der Waals surface area contributed by atoms with Gasteiger partial charge >= 0.3 is 11.9 Å². The summed E-state index contributed by atoms with van der Waals surface area (Å²) in [5.41, 5.74) is 0. The van der Waals surface area contributed by atoms with Gasteiger partial charge in [0.2, 0.25) is 0 Å². The first-order chi connectivity index (χ1) is 33.0. The fourth-order valence-electron chi connectivity index (χ4n) is 8.48. The average molecular weight is 973 g/mol. The molecule has 2 aliphatic rings. The molecule has 2 fully saturated rings. The molecule has 2 aliphatic heterocycles. The van der Waals surface area contributed by atoms with Crippen LogP contribution in [0.15, 0.2) is 24.3 Å². The van der Waals surface area contributed by atoms with Crippen LogP contribution >= 0.6 is 0 Å². The molecule has 11 unspecified atom stereocenters. The molecule has 2 heterocycles. The summed E-state index contributed by atoms with van der Waals surface area (Å²) in [7, 11) is 0. The van der Waals surface area contributed by atoms with Crippen LogP contribution in [-0.2, 0) is 38.0 Å². The number of hydrogen-bond acceptors (Lipinski definition) is 15. The third-order valence-corrected chi connectivity index (χ3v) is 12.9. The zero-order chi connectivity index (χ0) is 49.6. The van der Waals surface area contributed by atoms with E-state index in [1.807, 2.05) is 0 Å². The Morgan fingerprint density at radius 2 is 0.882 bits per heavy atom. The highest BCUT2D eigenvalue weighted by Crippen LogP contribution is 2.26. The molecule has 0 amide bonds. The Hall–Kier alpha value is -2.02. The number of aliphatic hydroxyl groups excluding tert-OH is 7. The van der Waals surface area contributed by atoms with Crippen molar-refractivity contribution in [2.45, 2.75) is 274 Å². The van der Waals surface area contributed by atoms with E-state index in [2.05, 4.69) is 38.2 Å². The van der Waals surface area contributed by atoms with Crippen LogP contribution in [0, 0.1) is 0 Å². The number of allylic oxidation sites excluding steroid dienone is 4. The van der Waals surface area contributed by atoms with Crippen molar-refractivity contribution in [3.05, 3.63) is 24.3 Å². The Balaban J connectivity index is 1.79. The summed E-state index contributed by atoms with van der Waals surface area (Å²) in [5.74, 6) is -0.925. The van der Waals surface area contributed by atoms with Gasteiger partial charge in [-0.2, -0.15) is 0 Å². The van der Waals surface area contributed by atoms with Gasteiger partial charge in [0.05, 0.1) is 19.8 Å². The van der Waals surface area contributed by atoms with Crippen molar-refractivity contribution in [2.24, 2.45) is 0 Å². The second-order valence-corrected chi connectivity index (χ2v) is 19.1. The quantitative estimate of drug-likeness (QED) is 0.0175. The maximum Gasteiger partial charge on any atom is 0.306 e. The highest BCUT2D eigenvalue weighted by atomic mass is 16.7. The van der Waals surface area contributed by atoms with Crippen LogP contribution in [0.3, 0.4) is 0 Å². The fraction of sp³-hybridized carbons (Fsp3) is 0.887. The fourth-order valence-corrected chi connectivity index (χ4v) is 8.48. The summed E-state index contributed by atoms with van der Waals surface area (Å²) >= 11 is 0. The van der Waals surface area contributed by atoms with Crippen molar-refractivity contribution in [2.75, 3.05) is 26.4 Å². The zero-order valence-electron chi connectivity index (χ0n) is 42.1. The monoisotopic (exact) mass is 973 g/mol. The van der Waals surface area contributed by atoms with Crippen LogP contribution < -0.4 is 0 Å². The Bertz CT molecular complexity index is 1280. The van der Waals surface area contributed by atoms with Crippen molar-refractivity contribution in [3.8, 4) is 0 Å². The van der Waals surface area contributed by atoms with Gasteiger partial charge in [-0.05, 0) is 44.9 Å². The predicted molar refractivity (Wildman–Crippen MR) is 261 cm³/mol. The number of esters is 2. The van der Waals surface area contributed by atoms with Gasteiger partial charge in [-0.1, -0.05) is 173 Å². The van der Waals surface area contributed by atoms with E-state index in [-0.39, 0.29) is 26.1 Å². The van der Waals surface area contributed by atoms with E-state index < -0.39 is 92.7 Å². The number of hydrogen-bond donors (Lipinski definition) is 7. The van der Waals surface area contributed by atoms with Gasteiger partial charge in [0.1, 0.15) is 55.4 Å². The van der Waals surface area contributed by atoms with E-state index in [1.165, 1.54) is 103 Å². The third kappa shape index (κ3) is 28.1. The van der Waals surface area contributed by atoms with E-state index in [0.717, 1.165) is 64.2 Å². The van der Waals surface area contributed by atoms with E-state index in [9.17, 15) is 45.3 Å². The molecular weight excluding hydrogens is 877 g/mol. The molecule has 0 bridgehead atoms. The lowest BCUT2D eigenvalue weighted by Gasteiger charge is -2.42. The lowest BCUT2D eigenvalue weighted by Crippen LogP contribution is -2.61. The number of unbranched alkanes of at least 4 members (excludes halogenated alkanes) is 24. The maximum atomic E-state index is 13.0. The molecule has 0 aromatic heterocycles. The lowest BCUT2D eigenvalue weighted by atomic mass is 9.98. The average Bonchev–Trinajstić information content (AvgIpc) is 3.33. The number of aliphatic hydroxyl groups is 7. The Morgan fingerprint density at radius 1 is 0.471 bits per heavy atom. The van der Waals surface area contributed by atoms with E-state index in [4.69, 9.17) is 28.4 Å². The molecule has 7 N–H and O–H groups in total. The molecule has 15 nitrogen and oxygen atoms in total. The molecule has 0 aromatic carbocycles. The number of ether oxygens (including phenoxy) is 6. The van der Waals surface area contributed by atoms with Crippen LogP contribution in [0.4, 0.5) is 0 Å². The van der Waals surface area contributed by atoms with Crippen molar-refractivity contribution in [3.63, 3.8) is 0 Å². The van der Waals surface area contributed by atoms with Gasteiger partial charge in [-0.15, -0.1) is 0 Å². The second kappa shape index (κ2) is 40.6. The van der Waals surface area contributed by atoms with Crippen LogP contribution in [0.2, 0.25) is 0 Å². The molecule has 2 saturated heterocycles. The number of carbonyl (C=O) groups excluding carboxylic acids is 2. The van der Waals surface area contributed by atoms with Crippen molar-refractivity contribution >= 4 is 11.9 Å².